The largest absolute Gasteiger partial charge is 0.494 e. The van der Waals surface area contributed by atoms with Gasteiger partial charge in [0, 0.05) is 30.2 Å². The molecule has 2 atom stereocenters. The van der Waals surface area contributed by atoms with Crippen LogP contribution in [0.1, 0.15) is 44.4 Å². The van der Waals surface area contributed by atoms with E-state index < -0.39 is 0 Å². The molecule has 0 amide bonds. The van der Waals surface area contributed by atoms with Gasteiger partial charge in [-0.3, -0.25) is 0 Å². The van der Waals surface area contributed by atoms with E-state index in [1.165, 1.54) is 5.56 Å². The van der Waals surface area contributed by atoms with Crippen LogP contribution in [0.5, 0.6) is 11.5 Å². The molecule has 0 radical (unpaired) electrons. The fourth-order valence-corrected chi connectivity index (χ4v) is 2.75. The Balaban J connectivity index is 2.36. The predicted molar refractivity (Wildman–Crippen MR) is 79.5 cm³/mol. The molecule has 1 heterocycles. The fraction of sp³-hybridized carbons (Fsp3) is 0.625. The van der Waals surface area contributed by atoms with Crippen molar-refractivity contribution >= 4 is 0 Å². The van der Waals surface area contributed by atoms with Crippen LogP contribution in [0, 0.1) is 0 Å². The van der Waals surface area contributed by atoms with Gasteiger partial charge < -0.3 is 19.9 Å². The first-order valence-corrected chi connectivity index (χ1v) is 7.50. The third-order valence-corrected chi connectivity index (χ3v) is 3.57. The zero-order chi connectivity index (χ0) is 14.5. The Hall–Kier alpha value is -1.26. The van der Waals surface area contributed by atoms with Crippen LogP contribution in [0.2, 0.25) is 0 Å². The number of benzene rings is 1. The lowest BCUT2D eigenvalue weighted by Gasteiger charge is -2.21. The highest BCUT2D eigenvalue weighted by Gasteiger charge is 2.24. The van der Waals surface area contributed by atoms with Gasteiger partial charge in [0.05, 0.1) is 6.61 Å². The first-order chi connectivity index (χ1) is 9.69. The molecule has 0 saturated heterocycles. The Bertz CT molecular complexity index is 442. The summed E-state index contributed by atoms with van der Waals surface area (Å²) in [5.74, 6) is 1.86. The highest BCUT2D eigenvalue weighted by atomic mass is 16.5. The van der Waals surface area contributed by atoms with Crippen LogP contribution < -0.4 is 14.8 Å². The van der Waals surface area contributed by atoms with Gasteiger partial charge in [-0.25, -0.2) is 0 Å². The van der Waals surface area contributed by atoms with Crippen LogP contribution in [0.3, 0.4) is 0 Å². The Morgan fingerprint density at radius 2 is 2.25 bits per heavy atom. The normalized spacial score (nSPS) is 18.5. The lowest BCUT2D eigenvalue weighted by molar-refractivity contribution is 0.252. The molecule has 1 aromatic carbocycles. The maximum absolute atomic E-state index is 9.27. The summed E-state index contributed by atoms with van der Waals surface area (Å²) >= 11 is 0. The van der Waals surface area contributed by atoms with Crippen LogP contribution in [0.25, 0.3) is 0 Å². The number of aliphatic hydroxyl groups is 1. The fourth-order valence-electron chi connectivity index (χ4n) is 2.75. The molecule has 0 saturated carbocycles. The van der Waals surface area contributed by atoms with Gasteiger partial charge >= 0.3 is 0 Å². The monoisotopic (exact) mass is 279 g/mol. The van der Waals surface area contributed by atoms with Gasteiger partial charge in [0.15, 0.2) is 0 Å². The molecule has 1 aliphatic heterocycles. The maximum atomic E-state index is 9.27. The average molecular weight is 279 g/mol. The van der Waals surface area contributed by atoms with Crippen molar-refractivity contribution in [1.82, 2.24) is 5.32 Å². The lowest BCUT2D eigenvalue weighted by Crippen LogP contribution is -2.22. The van der Waals surface area contributed by atoms with Gasteiger partial charge in [-0.15, -0.1) is 0 Å². The minimum absolute atomic E-state index is 0.0938. The highest BCUT2D eigenvalue weighted by Crippen LogP contribution is 2.38. The summed E-state index contributed by atoms with van der Waals surface area (Å²) in [7, 11) is 0. The molecule has 20 heavy (non-hydrogen) atoms. The van der Waals surface area contributed by atoms with Gasteiger partial charge in [0.25, 0.3) is 0 Å². The third-order valence-electron chi connectivity index (χ3n) is 3.57. The van der Waals surface area contributed by atoms with Gasteiger partial charge in [-0.1, -0.05) is 6.92 Å². The summed E-state index contributed by atoms with van der Waals surface area (Å²) < 4.78 is 11.6. The smallest absolute Gasteiger partial charge is 0.124 e. The number of fused-ring (bicyclic) bond motifs is 1. The molecule has 0 spiro atoms. The average Bonchev–Trinajstić information content (AvgIpc) is 2.77. The standard InChI is InChI=1S/C16H25NO3/c1-4-17-14(6-7-18)13-10-15-12(8-11(3)20-15)9-16(13)19-5-2/h9-11,14,17-18H,4-8H2,1-3H3. The molecule has 1 aliphatic rings. The Morgan fingerprint density at radius 1 is 1.45 bits per heavy atom. The number of nitrogens with one attached hydrogen (secondary N) is 1. The number of aliphatic hydroxyl groups excluding tert-OH is 1. The molecule has 112 valence electrons. The van der Waals surface area contributed by atoms with Crippen molar-refractivity contribution in [1.29, 1.82) is 0 Å². The predicted octanol–water partition coefficient (Wildman–Crippen LogP) is 2.44. The van der Waals surface area contributed by atoms with Gasteiger partial charge in [0.2, 0.25) is 0 Å². The maximum Gasteiger partial charge on any atom is 0.124 e. The molecule has 0 fully saturated rings. The van der Waals surface area contributed by atoms with Crippen molar-refractivity contribution in [2.45, 2.75) is 45.8 Å². The van der Waals surface area contributed by atoms with Crippen molar-refractivity contribution in [2.24, 2.45) is 0 Å². The molecule has 1 aromatic rings. The topological polar surface area (TPSA) is 50.7 Å². The molecule has 0 aromatic heterocycles. The van der Waals surface area contributed by atoms with E-state index in [2.05, 4.69) is 31.3 Å². The van der Waals surface area contributed by atoms with Crippen LogP contribution in [-0.4, -0.2) is 31.0 Å². The van der Waals surface area contributed by atoms with E-state index in [9.17, 15) is 5.11 Å². The van der Waals surface area contributed by atoms with E-state index in [1.54, 1.807) is 0 Å². The molecule has 2 rings (SSSR count). The first kappa shape index (κ1) is 15.1. The first-order valence-electron chi connectivity index (χ1n) is 7.50. The molecule has 4 heteroatoms. The van der Waals surface area contributed by atoms with Crippen molar-refractivity contribution in [2.75, 3.05) is 19.8 Å². The summed E-state index contributed by atoms with van der Waals surface area (Å²) in [6.45, 7) is 7.78. The summed E-state index contributed by atoms with van der Waals surface area (Å²) in [6.07, 6.45) is 1.83. The number of hydrogen-bond donors (Lipinski definition) is 2. The Kier molecular flexibility index (Phi) is 5.26. The van der Waals surface area contributed by atoms with Crippen molar-refractivity contribution in [3.05, 3.63) is 23.3 Å². The van der Waals surface area contributed by atoms with E-state index in [4.69, 9.17) is 9.47 Å². The van der Waals surface area contributed by atoms with Crippen LogP contribution in [0.15, 0.2) is 12.1 Å². The molecule has 0 bridgehead atoms. The Labute approximate surface area is 121 Å². The van der Waals surface area contributed by atoms with Gasteiger partial charge in [-0.2, -0.15) is 0 Å². The van der Waals surface area contributed by atoms with E-state index >= 15 is 0 Å². The second-order valence-corrected chi connectivity index (χ2v) is 5.19. The summed E-state index contributed by atoms with van der Waals surface area (Å²) in [6, 6.07) is 4.27. The number of rotatable bonds is 7. The molecule has 0 aliphatic carbocycles. The second-order valence-electron chi connectivity index (χ2n) is 5.19. The highest BCUT2D eigenvalue weighted by molar-refractivity contribution is 5.50. The van der Waals surface area contributed by atoms with Crippen LogP contribution in [-0.2, 0) is 6.42 Å². The van der Waals surface area contributed by atoms with E-state index in [1.807, 2.05) is 6.92 Å². The summed E-state index contributed by atoms with van der Waals surface area (Å²) in [4.78, 5) is 0. The molecular weight excluding hydrogens is 254 g/mol. The lowest BCUT2D eigenvalue weighted by atomic mass is 9.99. The van der Waals surface area contributed by atoms with Crippen LogP contribution in [0.4, 0.5) is 0 Å². The Morgan fingerprint density at radius 3 is 2.90 bits per heavy atom. The van der Waals surface area contributed by atoms with Gasteiger partial charge in [-0.05, 0) is 38.9 Å². The number of hydrogen-bond acceptors (Lipinski definition) is 4. The van der Waals surface area contributed by atoms with Gasteiger partial charge in [0.1, 0.15) is 17.6 Å². The van der Waals surface area contributed by atoms with Crippen molar-refractivity contribution in [3.63, 3.8) is 0 Å². The quantitative estimate of drug-likeness (QED) is 0.805. The number of ether oxygens (including phenoxy) is 2. The zero-order valence-corrected chi connectivity index (χ0v) is 12.6. The van der Waals surface area contributed by atoms with E-state index in [-0.39, 0.29) is 18.8 Å². The molecule has 4 nitrogen and oxygen atoms in total. The second kappa shape index (κ2) is 6.95. The van der Waals surface area contributed by atoms with Crippen molar-refractivity contribution in [3.8, 4) is 11.5 Å². The third kappa shape index (κ3) is 3.25. The van der Waals surface area contributed by atoms with E-state index in [0.717, 1.165) is 30.0 Å². The van der Waals surface area contributed by atoms with Crippen LogP contribution >= 0.6 is 0 Å². The minimum atomic E-state index is 0.0938. The minimum Gasteiger partial charge on any atom is -0.494 e. The molecule has 2 N–H and O–H groups in total. The SMILES string of the molecule is CCNC(CCO)c1cc2c(cc1OCC)CC(C)O2. The molecular formula is C16H25NO3. The molecule has 2 unspecified atom stereocenters. The zero-order valence-electron chi connectivity index (χ0n) is 12.6. The summed E-state index contributed by atoms with van der Waals surface area (Å²) in [5, 5.41) is 12.7. The van der Waals surface area contributed by atoms with E-state index in [0.29, 0.717) is 13.0 Å². The summed E-state index contributed by atoms with van der Waals surface area (Å²) in [5.41, 5.74) is 2.29. The van der Waals surface area contributed by atoms with Crippen molar-refractivity contribution < 1.29 is 14.6 Å².